The van der Waals surface area contributed by atoms with Crippen molar-refractivity contribution in [3.63, 3.8) is 0 Å². The predicted octanol–water partition coefficient (Wildman–Crippen LogP) is 1.83. The van der Waals surface area contributed by atoms with Crippen LogP contribution in [0.1, 0.15) is 18.4 Å². The highest BCUT2D eigenvalue weighted by molar-refractivity contribution is 7.52. The molecule has 1 aliphatic heterocycles. The first kappa shape index (κ1) is 16.4. The minimum absolute atomic E-state index is 0.0730. The Morgan fingerprint density at radius 3 is 2.59 bits per heavy atom. The van der Waals surface area contributed by atoms with Crippen LogP contribution in [0.5, 0.6) is 0 Å². The molecule has 10 heteroatoms. The van der Waals surface area contributed by atoms with E-state index in [2.05, 4.69) is 0 Å². The van der Waals surface area contributed by atoms with Crippen LogP contribution in [0.4, 0.5) is 10.5 Å². The van der Waals surface area contributed by atoms with Crippen molar-refractivity contribution in [3.8, 4) is 0 Å². The van der Waals surface area contributed by atoms with E-state index in [1.807, 2.05) is 0 Å². The maximum atomic E-state index is 11.9. The number of nitrogens with zero attached hydrogens (tertiary/aromatic N) is 2. The van der Waals surface area contributed by atoms with Gasteiger partial charge < -0.3 is 14.5 Å². The number of carbonyl (C=O) groups excluding carboxylic acids is 1. The number of ether oxygens (including phenoxy) is 1. The number of nitro benzene ring substituents is 1. The molecule has 1 amide bonds. The molecule has 1 aromatic rings. The van der Waals surface area contributed by atoms with Crippen LogP contribution in [0.3, 0.4) is 0 Å². The van der Waals surface area contributed by atoms with Gasteiger partial charge in [-0.25, -0.2) is 4.79 Å². The molecule has 1 aromatic carbocycles. The lowest BCUT2D eigenvalue weighted by atomic mass is 10.2. The Bertz CT molecular complexity index is 612. The molecule has 1 atom stereocenters. The standard InChI is InChI=1S/C12H15N2O7P/c15-12(13-7-1-2-11(13)22(18,19)20)21-8-9-3-5-10(6-4-9)14(16)17/h3-6,11H,1-2,7-8H2,(H2,18,19,20). The van der Waals surface area contributed by atoms with E-state index in [1.54, 1.807) is 0 Å². The van der Waals surface area contributed by atoms with Crippen molar-refractivity contribution >= 4 is 19.4 Å². The van der Waals surface area contributed by atoms with Gasteiger partial charge in [0.05, 0.1) is 4.92 Å². The lowest BCUT2D eigenvalue weighted by Gasteiger charge is -2.24. The quantitative estimate of drug-likeness (QED) is 0.489. The molecule has 0 radical (unpaired) electrons. The van der Waals surface area contributed by atoms with E-state index in [9.17, 15) is 29.3 Å². The van der Waals surface area contributed by atoms with Crippen molar-refractivity contribution in [2.45, 2.75) is 25.2 Å². The van der Waals surface area contributed by atoms with Gasteiger partial charge in [-0.3, -0.25) is 19.6 Å². The smallest absolute Gasteiger partial charge is 0.410 e. The molecule has 120 valence electrons. The number of nitro groups is 1. The van der Waals surface area contributed by atoms with Gasteiger partial charge in [-0.2, -0.15) is 0 Å². The summed E-state index contributed by atoms with van der Waals surface area (Å²) in [6.07, 6.45) is -0.0663. The Hall–Kier alpha value is -1.96. The zero-order valence-corrected chi connectivity index (χ0v) is 12.4. The van der Waals surface area contributed by atoms with Crippen LogP contribution in [0, 0.1) is 10.1 Å². The molecular formula is C12H15N2O7P. The van der Waals surface area contributed by atoms with Crippen molar-refractivity contribution in [1.29, 1.82) is 0 Å². The van der Waals surface area contributed by atoms with Gasteiger partial charge >= 0.3 is 13.7 Å². The lowest BCUT2D eigenvalue weighted by molar-refractivity contribution is -0.384. The average Bonchev–Trinajstić information content (AvgIpc) is 2.94. The topological polar surface area (TPSA) is 130 Å². The highest BCUT2D eigenvalue weighted by Crippen LogP contribution is 2.47. The fourth-order valence-corrected chi connectivity index (χ4v) is 3.35. The van der Waals surface area contributed by atoms with Gasteiger partial charge in [0.25, 0.3) is 5.69 Å². The van der Waals surface area contributed by atoms with Crippen molar-refractivity contribution in [2.75, 3.05) is 6.54 Å². The summed E-state index contributed by atoms with van der Waals surface area (Å²) in [5.41, 5.74) is 0.474. The molecule has 1 aliphatic rings. The molecule has 2 N–H and O–H groups in total. The van der Waals surface area contributed by atoms with Gasteiger partial charge in [0.2, 0.25) is 0 Å². The Kier molecular flexibility index (Phi) is 4.80. The van der Waals surface area contributed by atoms with Crippen molar-refractivity contribution in [1.82, 2.24) is 4.90 Å². The number of hydrogen-bond donors (Lipinski definition) is 2. The summed E-state index contributed by atoms with van der Waals surface area (Å²) in [5, 5.41) is 10.5. The molecule has 1 heterocycles. The number of carbonyl (C=O) groups is 1. The molecule has 1 saturated heterocycles. The van der Waals surface area contributed by atoms with Crippen molar-refractivity contribution in [2.24, 2.45) is 0 Å². The summed E-state index contributed by atoms with van der Waals surface area (Å²) in [5.74, 6) is -1.14. The van der Waals surface area contributed by atoms with E-state index in [0.717, 1.165) is 4.90 Å². The Labute approximate surface area is 125 Å². The van der Waals surface area contributed by atoms with Crippen LogP contribution in [-0.4, -0.2) is 38.0 Å². The molecular weight excluding hydrogens is 315 g/mol. The molecule has 0 bridgehead atoms. The SMILES string of the molecule is O=C(OCc1ccc([N+](=O)[O-])cc1)N1CCCC1P(=O)(O)O. The summed E-state index contributed by atoms with van der Waals surface area (Å²) in [6, 6.07) is 5.49. The summed E-state index contributed by atoms with van der Waals surface area (Å²) >= 11 is 0. The Balaban J connectivity index is 1.95. The maximum absolute atomic E-state index is 11.9. The van der Waals surface area contributed by atoms with E-state index in [1.165, 1.54) is 24.3 Å². The summed E-state index contributed by atoms with van der Waals surface area (Å²) < 4.78 is 16.3. The van der Waals surface area contributed by atoms with E-state index in [4.69, 9.17) is 4.74 Å². The molecule has 0 saturated carbocycles. The Morgan fingerprint density at radius 1 is 1.41 bits per heavy atom. The summed E-state index contributed by atoms with van der Waals surface area (Å²) in [6.45, 7) is 0.107. The van der Waals surface area contributed by atoms with Gasteiger partial charge in [0.15, 0.2) is 0 Å². The molecule has 0 spiro atoms. The number of rotatable bonds is 4. The number of likely N-dealkylation sites (tertiary alicyclic amines) is 1. The third-order valence-corrected chi connectivity index (χ3v) is 4.67. The van der Waals surface area contributed by atoms with Crippen molar-refractivity contribution < 1.29 is 28.8 Å². The summed E-state index contributed by atoms with van der Waals surface area (Å²) in [4.78, 5) is 41.3. The second-order valence-corrected chi connectivity index (χ2v) is 6.66. The number of benzene rings is 1. The lowest BCUT2D eigenvalue weighted by Crippen LogP contribution is -2.35. The molecule has 1 unspecified atom stereocenters. The van der Waals surface area contributed by atoms with Crippen molar-refractivity contribution in [3.05, 3.63) is 39.9 Å². The molecule has 0 aromatic heterocycles. The number of non-ortho nitro benzene ring substituents is 1. The fraction of sp³-hybridized carbons (Fsp3) is 0.417. The molecule has 1 fully saturated rings. The molecule has 0 aliphatic carbocycles. The van der Waals surface area contributed by atoms with Crippen LogP contribution >= 0.6 is 7.60 Å². The Morgan fingerprint density at radius 2 is 2.05 bits per heavy atom. The fourth-order valence-electron chi connectivity index (χ4n) is 2.25. The van der Waals surface area contributed by atoms with Gasteiger partial charge in [0, 0.05) is 18.7 Å². The first-order chi connectivity index (χ1) is 10.3. The predicted molar refractivity (Wildman–Crippen MR) is 75.1 cm³/mol. The third kappa shape index (κ3) is 3.82. The minimum atomic E-state index is -4.39. The summed E-state index contributed by atoms with van der Waals surface area (Å²) in [7, 11) is -4.39. The maximum Gasteiger partial charge on any atom is 0.410 e. The van der Waals surface area contributed by atoms with E-state index in [0.29, 0.717) is 12.0 Å². The first-order valence-corrected chi connectivity index (χ1v) is 8.19. The van der Waals surface area contributed by atoms with Crippen LogP contribution in [0.15, 0.2) is 24.3 Å². The van der Waals surface area contributed by atoms with E-state index in [-0.39, 0.29) is 25.3 Å². The van der Waals surface area contributed by atoms with Crippen LogP contribution in [0.2, 0.25) is 0 Å². The van der Waals surface area contributed by atoms with Gasteiger partial charge in [-0.1, -0.05) is 0 Å². The first-order valence-electron chi connectivity index (χ1n) is 6.51. The second kappa shape index (κ2) is 6.43. The normalized spacial score (nSPS) is 18.3. The van der Waals surface area contributed by atoms with Gasteiger partial charge in [-0.15, -0.1) is 0 Å². The monoisotopic (exact) mass is 330 g/mol. The van der Waals surface area contributed by atoms with Gasteiger partial charge in [-0.05, 0) is 30.5 Å². The number of hydrogen-bond acceptors (Lipinski definition) is 5. The zero-order valence-electron chi connectivity index (χ0n) is 11.5. The molecule has 22 heavy (non-hydrogen) atoms. The number of amides is 1. The van der Waals surface area contributed by atoms with E-state index < -0.39 is 24.4 Å². The minimum Gasteiger partial charge on any atom is -0.445 e. The zero-order chi connectivity index (χ0) is 16.3. The second-order valence-electron chi connectivity index (χ2n) is 4.88. The third-order valence-electron chi connectivity index (χ3n) is 3.35. The van der Waals surface area contributed by atoms with Crippen LogP contribution in [-0.2, 0) is 15.9 Å². The average molecular weight is 330 g/mol. The highest BCUT2D eigenvalue weighted by Gasteiger charge is 2.41. The largest absolute Gasteiger partial charge is 0.445 e. The van der Waals surface area contributed by atoms with Crippen LogP contribution in [0.25, 0.3) is 0 Å². The van der Waals surface area contributed by atoms with Crippen LogP contribution < -0.4 is 0 Å². The van der Waals surface area contributed by atoms with E-state index >= 15 is 0 Å². The highest BCUT2D eigenvalue weighted by atomic mass is 31.2. The van der Waals surface area contributed by atoms with Gasteiger partial charge in [0.1, 0.15) is 12.4 Å². The molecule has 9 nitrogen and oxygen atoms in total. The molecule has 2 rings (SSSR count).